The number of methoxy groups -OCH3 is 1. The Bertz CT molecular complexity index is 384. The number of fused-ring (bicyclic) bond motifs is 1. The molecule has 0 unspecified atom stereocenters. The van der Waals surface area contributed by atoms with Crippen molar-refractivity contribution in [3.63, 3.8) is 0 Å². The Labute approximate surface area is 130 Å². The molecule has 7 nitrogen and oxygen atoms in total. The van der Waals surface area contributed by atoms with Gasteiger partial charge in [-0.25, -0.2) is 0 Å². The summed E-state index contributed by atoms with van der Waals surface area (Å²) < 4.78 is 15.7. The molecule has 1 saturated heterocycles. The highest BCUT2D eigenvalue weighted by Gasteiger charge is 2.35. The number of nitrogens with zero attached hydrogens (tertiary/aromatic N) is 1. The van der Waals surface area contributed by atoms with E-state index < -0.39 is 12.1 Å². The first-order valence-electron chi connectivity index (χ1n) is 7.38. The van der Waals surface area contributed by atoms with Crippen LogP contribution in [0.15, 0.2) is 12.2 Å². The van der Waals surface area contributed by atoms with E-state index in [-0.39, 0.29) is 25.0 Å². The molecule has 2 rings (SSSR count). The van der Waals surface area contributed by atoms with Crippen molar-refractivity contribution in [1.29, 1.82) is 0 Å². The normalized spacial score (nSPS) is 27.0. The number of carbonyl (C=O) groups is 2. The Kier molecular flexibility index (Phi) is 8.72. The molecule has 0 radical (unpaired) electrons. The standard InChI is InChI=1S/C14H21NO5.CH4O/c1-18-13(16)9-12-14(17)15-6-4-5-11(15)10-19-7-2-3-8-20-12;1-2/h2-3,11-12H,4-10H2,1H3;2H,1H3/b3-2-;/t11-,12-;/m1./s1. The Morgan fingerprint density at radius 3 is 2.86 bits per heavy atom. The molecule has 0 aliphatic carbocycles. The van der Waals surface area contributed by atoms with Crippen LogP contribution in [0.5, 0.6) is 0 Å². The van der Waals surface area contributed by atoms with Gasteiger partial charge >= 0.3 is 5.97 Å². The van der Waals surface area contributed by atoms with Gasteiger partial charge in [0.2, 0.25) is 0 Å². The predicted molar refractivity (Wildman–Crippen MR) is 79.2 cm³/mol. The number of aliphatic hydroxyl groups is 1. The van der Waals surface area contributed by atoms with E-state index >= 15 is 0 Å². The van der Waals surface area contributed by atoms with Gasteiger partial charge < -0.3 is 24.2 Å². The average Bonchev–Trinajstić information content (AvgIpc) is 3.01. The summed E-state index contributed by atoms with van der Waals surface area (Å²) in [7, 11) is 2.31. The van der Waals surface area contributed by atoms with Gasteiger partial charge in [0.25, 0.3) is 5.91 Å². The maximum absolute atomic E-state index is 12.5. The number of rotatable bonds is 2. The molecule has 0 aromatic heterocycles. The van der Waals surface area contributed by atoms with Crippen molar-refractivity contribution in [3.8, 4) is 0 Å². The minimum absolute atomic E-state index is 0.0484. The highest BCUT2D eigenvalue weighted by atomic mass is 16.5. The van der Waals surface area contributed by atoms with E-state index in [0.717, 1.165) is 20.0 Å². The molecule has 7 heteroatoms. The van der Waals surface area contributed by atoms with Gasteiger partial charge in [-0.2, -0.15) is 0 Å². The van der Waals surface area contributed by atoms with Crippen molar-refractivity contribution in [2.75, 3.05) is 40.6 Å². The van der Waals surface area contributed by atoms with Crippen molar-refractivity contribution < 1.29 is 28.9 Å². The molecule has 126 valence electrons. The summed E-state index contributed by atoms with van der Waals surface area (Å²) in [4.78, 5) is 25.7. The summed E-state index contributed by atoms with van der Waals surface area (Å²) in [6.45, 7) is 2.03. The molecule has 1 fully saturated rings. The first-order valence-corrected chi connectivity index (χ1v) is 7.38. The summed E-state index contributed by atoms with van der Waals surface area (Å²) in [5, 5.41) is 7.00. The zero-order valence-corrected chi connectivity index (χ0v) is 13.2. The second-order valence-corrected chi connectivity index (χ2v) is 4.94. The van der Waals surface area contributed by atoms with Gasteiger partial charge in [-0.3, -0.25) is 9.59 Å². The Morgan fingerprint density at radius 2 is 2.14 bits per heavy atom. The van der Waals surface area contributed by atoms with E-state index in [1.165, 1.54) is 7.11 Å². The van der Waals surface area contributed by atoms with E-state index in [1.54, 1.807) is 11.0 Å². The van der Waals surface area contributed by atoms with E-state index in [1.807, 2.05) is 6.08 Å². The molecule has 2 aliphatic rings. The molecule has 1 amide bonds. The van der Waals surface area contributed by atoms with Crippen LogP contribution in [0.1, 0.15) is 19.3 Å². The molecule has 1 N–H and O–H groups in total. The number of aliphatic hydroxyl groups excluding tert-OH is 1. The minimum atomic E-state index is -0.772. The van der Waals surface area contributed by atoms with Crippen LogP contribution in [0.4, 0.5) is 0 Å². The highest BCUT2D eigenvalue weighted by Crippen LogP contribution is 2.20. The quantitative estimate of drug-likeness (QED) is 0.575. The molecular formula is C15H25NO6. The molecule has 2 aliphatic heterocycles. The second-order valence-electron chi connectivity index (χ2n) is 4.94. The van der Waals surface area contributed by atoms with Crippen molar-refractivity contribution in [3.05, 3.63) is 12.2 Å². The van der Waals surface area contributed by atoms with Gasteiger partial charge in [0.15, 0.2) is 0 Å². The Hall–Kier alpha value is -1.44. The first-order chi connectivity index (χ1) is 10.7. The van der Waals surface area contributed by atoms with Crippen LogP contribution < -0.4 is 0 Å². The predicted octanol–water partition coefficient (Wildman–Crippen LogP) is 0.121. The van der Waals surface area contributed by atoms with Gasteiger partial charge in [-0.1, -0.05) is 12.2 Å². The van der Waals surface area contributed by atoms with Crippen LogP contribution in [0.3, 0.4) is 0 Å². The number of amides is 1. The fraction of sp³-hybridized carbons (Fsp3) is 0.733. The lowest BCUT2D eigenvalue weighted by atomic mass is 10.2. The third-order valence-corrected chi connectivity index (χ3v) is 3.60. The SMILES string of the molecule is CO.COC(=O)C[C@H]1OC/C=C\COC[C@H]2CCCN2C1=O. The van der Waals surface area contributed by atoms with Crippen molar-refractivity contribution in [2.45, 2.75) is 31.4 Å². The van der Waals surface area contributed by atoms with Gasteiger partial charge in [-0.05, 0) is 12.8 Å². The molecule has 0 aromatic rings. The summed E-state index contributed by atoms with van der Waals surface area (Å²) >= 11 is 0. The van der Waals surface area contributed by atoms with Crippen molar-refractivity contribution in [2.24, 2.45) is 0 Å². The summed E-state index contributed by atoms with van der Waals surface area (Å²) in [5.41, 5.74) is 0. The summed E-state index contributed by atoms with van der Waals surface area (Å²) in [5.74, 6) is -0.578. The van der Waals surface area contributed by atoms with Crippen LogP contribution in [0, 0.1) is 0 Å². The summed E-state index contributed by atoms with van der Waals surface area (Å²) in [6.07, 6.45) is 4.73. The van der Waals surface area contributed by atoms with Crippen LogP contribution in [0.2, 0.25) is 0 Å². The maximum atomic E-state index is 12.5. The Morgan fingerprint density at radius 1 is 1.41 bits per heavy atom. The largest absolute Gasteiger partial charge is 0.469 e. The van der Waals surface area contributed by atoms with Gasteiger partial charge in [0, 0.05) is 13.7 Å². The third kappa shape index (κ3) is 5.40. The topological polar surface area (TPSA) is 85.3 Å². The smallest absolute Gasteiger partial charge is 0.308 e. The lowest BCUT2D eigenvalue weighted by molar-refractivity contribution is -0.154. The van der Waals surface area contributed by atoms with Crippen LogP contribution in [-0.2, 0) is 23.8 Å². The lowest BCUT2D eigenvalue weighted by Gasteiger charge is -2.27. The van der Waals surface area contributed by atoms with Crippen LogP contribution in [0.25, 0.3) is 0 Å². The summed E-state index contributed by atoms with van der Waals surface area (Å²) in [6, 6.07) is 0.0812. The fourth-order valence-electron chi connectivity index (χ4n) is 2.52. The zero-order valence-electron chi connectivity index (χ0n) is 13.2. The van der Waals surface area contributed by atoms with E-state index in [0.29, 0.717) is 19.8 Å². The number of carbonyl (C=O) groups excluding carboxylic acids is 2. The number of esters is 1. The average molecular weight is 315 g/mol. The highest BCUT2D eigenvalue weighted by molar-refractivity contribution is 5.86. The molecular weight excluding hydrogens is 290 g/mol. The van der Waals surface area contributed by atoms with Crippen LogP contribution >= 0.6 is 0 Å². The van der Waals surface area contributed by atoms with Crippen molar-refractivity contribution >= 4 is 11.9 Å². The number of hydrogen-bond donors (Lipinski definition) is 1. The van der Waals surface area contributed by atoms with Crippen LogP contribution in [-0.4, -0.2) is 74.6 Å². The second kappa shape index (κ2) is 10.3. The maximum Gasteiger partial charge on any atom is 0.308 e. The zero-order chi connectivity index (χ0) is 16.4. The first kappa shape index (κ1) is 18.6. The fourth-order valence-corrected chi connectivity index (χ4v) is 2.52. The van der Waals surface area contributed by atoms with E-state index in [4.69, 9.17) is 14.6 Å². The van der Waals surface area contributed by atoms with Gasteiger partial charge in [-0.15, -0.1) is 0 Å². The van der Waals surface area contributed by atoms with E-state index in [9.17, 15) is 9.59 Å². The van der Waals surface area contributed by atoms with Gasteiger partial charge in [0.1, 0.15) is 6.10 Å². The molecule has 2 heterocycles. The van der Waals surface area contributed by atoms with Gasteiger partial charge in [0.05, 0.1) is 39.4 Å². The number of hydrogen-bond acceptors (Lipinski definition) is 6. The minimum Gasteiger partial charge on any atom is -0.469 e. The molecule has 0 aromatic carbocycles. The molecule has 22 heavy (non-hydrogen) atoms. The van der Waals surface area contributed by atoms with E-state index in [2.05, 4.69) is 4.74 Å². The molecule has 0 bridgehead atoms. The Balaban J connectivity index is 0.00000116. The van der Waals surface area contributed by atoms with Crippen molar-refractivity contribution in [1.82, 2.24) is 4.90 Å². The molecule has 2 atom stereocenters. The number of ether oxygens (including phenoxy) is 3. The molecule has 0 spiro atoms. The molecule has 0 saturated carbocycles. The lowest BCUT2D eigenvalue weighted by Crippen LogP contribution is -2.45. The third-order valence-electron chi connectivity index (χ3n) is 3.60. The monoisotopic (exact) mass is 315 g/mol.